The number of rotatable bonds is 6. The number of hydrogen-bond acceptors (Lipinski definition) is 6. The van der Waals surface area contributed by atoms with E-state index >= 15 is 0 Å². The Bertz CT molecular complexity index is 1690. The Morgan fingerprint density at radius 3 is 2.54 bits per heavy atom. The number of nitrogens with one attached hydrogen (secondary N) is 1. The van der Waals surface area contributed by atoms with Gasteiger partial charge in [0.2, 0.25) is 5.88 Å². The number of carbonyl (C=O) groups excluding carboxylic acids is 1. The first-order valence-corrected chi connectivity index (χ1v) is 11.0. The molecular weight excluding hydrogens is 482 g/mol. The van der Waals surface area contributed by atoms with E-state index in [1.54, 1.807) is 18.2 Å². The maximum absolute atomic E-state index is 14.9. The minimum absolute atomic E-state index is 0.103. The summed E-state index contributed by atoms with van der Waals surface area (Å²) in [5, 5.41) is 2.52. The molecule has 8 nitrogen and oxygen atoms in total. The number of ether oxygens (including phenoxy) is 2. The van der Waals surface area contributed by atoms with Gasteiger partial charge in [-0.05, 0) is 54.6 Å². The summed E-state index contributed by atoms with van der Waals surface area (Å²) >= 11 is 0. The van der Waals surface area contributed by atoms with Gasteiger partial charge in [0.25, 0.3) is 11.5 Å². The predicted octanol–water partition coefficient (Wildman–Crippen LogP) is 5.11. The number of hydrogen-bond donors (Lipinski definition) is 1. The lowest BCUT2D eigenvalue weighted by Gasteiger charge is -2.12. The van der Waals surface area contributed by atoms with Gasteiger partial charge in [-0.25, -0.2) is 13.8 Å². The van der Waals surface area contributed by atoms with Crippen molar-refractivity contribution in [2.75, 3.05) is 12.4 Å². The van der Waals surface area contributed by atoms with Crippen molar-refractivity contribution in [2.24, 2.45) is 0 Å². The first-order valence-electron chi connectivity index (χ1n) is 11.0. The number of benzene rings is 2. The zero-order valence-corrected chi connectivity index (χ0v) is 19.3. The molecule has 1 amide bonds. The number of methoxy groups -OCH3 is 1. The quantitative estimate of drug-likeness (QED) is 0.348. The van der Waals surface area contributed by atoms with Gasteiger partial charge >= 0.3 is 0 Å². The zero-order valence-electron chi connectivity index (χ0n) is 19.3. The molecule has 0 aliphatic carbocycles. The lowest BCUT2D eigenvalue weighted by molar-refractivity contribution is 0.102. The van der Waals surface area contributed by atoms with Crippen LogP contribution in [0.3, 0.4) is 0 Å². The van der Waals surface area contributed by atoms with Gasteiger partial charge in [0.15, 0.2) is 17.3 Å². The Balaban J connectivity index is 1.37. The smallest absolute Gasteiger partial charge is 0.267 e. The van der Waals surface area contributed by atoms with E-state index in [1.807, 2.05) is 0 Å². The van der Waals surface area contributed by atoms with Gasteiger partial charge in [0.1, 0.15) is 16.9 Å². The molecule has 184 valence electrons. The predicted molar refractivity (Wildman–Crippen MR) is 133 cm³/mol. The number of nitrogens with zero attached hydrogens (tertiary/aromatic N) is 3. The average molecular weight is 500 g/mol. The highest BCUT2D eigenvalue weighted by molar-refractivity contribution is 6.04. The van der Waals surface area contributed by atoms with Gasteiger partial charge in [0.05, 0.1) is 12.6 Å². The summed E-state index contributed by atoms with van der Waals surface area (Å²) in [5.74, 6) is -1.41. The van der Waals surface area contributed by atoms with Crippen LogP contribution in [0.15, 0.2) is 90.0 Å². The summed E-state index contributed by atoms with van der Waals surface area (Å²) in [6, 6.07) is 16.9. The highest BCUT2D eigenvalue weighted by Gasteiger charge is 2.16. The van der Waals surface area contributed by atoms with Gasteiger partial charge in [0, 0.05) is 42.0 Å². The van der Waals surface area contributed by atoms with E-state index in [0.29, 0.717) is 22.6 Å². The third-order valence-corrected chi connectivity index (χ3v) is 5.44. The molecule has 0 unspecified atom stereocenters. The van der Waals surface area contributed by atoms with Gasteiger partial charge < -0.3 is 14.8 Å². The Morgan fingerprint density at radius 2 is 1.78 bits per heavy atom. The molecule has 10 heteroatoms. The maximum Gasteiger partial charge on any atom is 0.267 e. The largest absolute Gasteiger partial charge is 0.481 e. The number of pyridine rings is 3. The number of aromatic nitrogens is 3. The molecule has 0 bridgehead atoms. The van der Waals surface area contributed by atoms with Crippen LogP contribution in [0.1, 0.15) is 10.4 Å². The fourth-order valence-corrected chi connectivity index (χ4v) is 3.63. The van der Waals surface area contributed by atoms with Crippen molar-refractivity contribution < 1.29 is 23.0 Å². The topological polar surface area (TPSA) is 95.3 Å². The molecule has 5 aromatic rings. The highest BCUT2D eigenvalue weighted by atomic mass is 19.1. The molecule has 0 atom stereocenters. The van der Waals surface area contributed by atoms with Crippen molar-refractivity contribution in [1.29, 1.82) is 0 Å². The van der Waals surface area contributed by atoms with Crippen LogP contribution in [0.2, 0.25) is 0 Å². The Kier molecular flexibility index (Phi) is 6.29. The fraction of sp³-hybridized carbons (Fsp3) is 0.0370. The molecule has 5 rings (SSSR count). The van der Waals surface area contributed by atoms with E-state index in [2.05, 4.69) is 15.3 Å². The third kappa shape index (κ3) is 4.85. The number of amides is 1. The third-order valence-electron chi connectivity index (χ3n) is 5.44. The molecule has 0 aliphatic rings. The van der Waals surface area contributed by atoms with Crippen LogP contribution in [-0.4, -0.2) is 27.6 Å². The lowest BCUT2D eigenvalue weighted by atomic mass is 10.2. The van der Waals surface area contributed by atoms with Crippen molar-refractivity contribution in [3.05, 3.63) is 113 Å². The van der Waals surface area contributed by atoms with Crippen molar-refractivity contribution in [3.8, 4) is 23.1 Å². The number of anilines is 1. The molecule has 1 N–H and O–H groups in total. The van der Waals surface area contributed by atoms with E-state index in [4.69, 9.17) is 9.47 Å². The van der Waals surface area contributed by atoms with Crippen LogP contribution >= 0.6 is 0 Å². The Labute approximate surface area is 208 Å². The zero-order chi connectivity index (χ0) is 25.9. The summed E-state index contributed by atoms with van der Waals surface area (Å²) < 4.78 is 40.2. The molecule has 3 aromatic heterocycles. The summed E-state index contributed by atoms with van der Waals surface area (Å²) in [7, 11) is 1.48. The van der Waals surface area contributed by atoms with E-state index in [-0.39, 0.29) is 22.7 Å². The second kappa shape index (κ2) is 9.86. The van der Waals surface area contributed by atoms with E-state index in [1.165, 1.54) is 72.6 Å². The van der Waals surface area contributed by atoms with Crippen LogP contribution in [0.5, 0.6) is 17.4 Å². The van der Waals surface area contributed by atoms with Gasteiger partial charge in [-0.1, -0.05) is 0 Å². The summed E-state index contributed by atoms with van der Waals surface area (Å²) in [6.07, 6.45) is 2.97. The van der Waals surface area contributed by atoms with Gasteiger partial charge in [-0.15, -0.1) is 0 Å². The summed E-state index contributed by atoms with van der Waals surface area (Å²) in [4.78, 5) is 34.2. The number of halogens is 2. The second-order valence-corrected chi connectivity index (χ2v) is 7.81. The molecule has 0 saturated carbocycles. The van der Waals surface area contributed by atoms with Crippen LogP contribution < -0.4 is 20.3 Å². The minimum Gasteiger partial charge on any atom is -0.481 e. The van der Waals surface area contributed by atoms with Crippen LogP contribution in [0, 0.1) is 11.6 Å². The molecule has 0 fully saturated rings. The molecule has 0 spiro atoms. The molecule has 0 radical (unpaired) electrons. The van der Waals surface area contributed by atoms with E-state index < -0.39 is 23.1 Å². The van der Waals surface area contributed by atoms with Crippen molar-refractivity contribution in [1.82, 2.24) is 14.5 Å². The fourth-order valence-electron chi connectivity index (χ4n) is 3.63. The Hall–Kier alpha value is -5.12. The van der Waals surface area contributed by atoms with Crippen molar-refractivity contribution in [3.63, 3.8) is 0 Å². The first kappa shape index (κ1) is 23.6. The summed E-state index contributed by atoms with van der Waals surface area (Å²) in [6.45, 7) is 0. The number of fused-ring (bicyclic) bond motifs is 1. The highest BCUT2D eigenvalue weighted by Crippen LogP contribution is 2.31. The van der Waals surface area contributed by atoms with Crippen molar-refractivity contribution in [2.45, 2.75) is 0 Å². The van der Waals surface area contributed by atoms with Gasteiger partial charge in [-0.2, -0.15) is 0 Å². The molecule has 37 heavy (non-hydrogen) atoms. The molecule has 0 saturated heterocycles. The molecule has 3 heterocycles. The van der Waals surface area contributed by atoms with Crippen LogP contribution in [-0.2, 0) is 0 Å². The van der Waals surface area contributed by atoms with Crippen molar-refractivity contribution >= 4 is 22.6 Å². The monoisotopic (exact) mass is 500 g/mol. The lowest BCUT2D eigenvalue weighted by Crippen LogP contribution is -2.27. The van der Waals surface area contributed by atoms with E-state index in [9.17, 15) is 18.4 Å². The van der Waals surface area contributed by atoms with Crippen LogP contribution in [0.25, 0.3) is 16.7 Å². The molecule has 0 aliphatic heterocycles. The first-order chi connectivity index (χ1) is 17.9. The summed E-state index contributed by atoms with van der Waals surface area (Å²) in [5.41, 5.74) is 0.655. The second-order valence-electron chi connectivity index (χ2n) is 7.81. The minimum atomic E-state index is -0.748. The molecular formula is C27H18F2N4O4. The van der Waals surface area contributed by atoms with Gasteiger partial charge in [-0.3, -0.25) is 19.1 Å². The number of carbonyl (C=O) groups is 1. The molecule has 2 aromatic carbocycles. The maximum atomic E-state index is 14.9. The standard InChI is InChI=1S/C27H18F2N4O4/c1-36-24-11-9-21-25(32-24)23(12-13-30-21)37-22-10-6-17(15-20(22)29)31-26(34)19-3-2-14-33(27(19)35)18-7-4-16(28)5-8-18/h2-15H,1H3,(H,31,34). The normalized spacial score (nSPS) is 10.8. The van der Waals surface area contributed by atoms with Crippen LogP contribution in [0.4, 0.5) is 14.5 Å². The SMILES string of the molecule is COc1ccc2nccc(Oc3ccc(NC(=O)c4cccn(-c5ccc(F)cc5)c4=O)cc3F)c2n1. The Morgan fingerprint density at radius 1 is 0.973 bits per heavy atom. The van der Waals surface area contributed by atoms with E-state index in [0.717, 1.165) is 6.07 Å². The average Bonchev–Trinajstić information content (AvgIpc) is 2.91.